The molecule has 1 aromatic rings. The highest BCUT2D eigenvalue weighted by molar-refractivity contribution is 7.09. The van der Waals surface area contributed by atoms with E-state index in [4.69, 9.17) is 33.2 Å². The second kappa shape index (κ2) is 37.7. The largest absolute Gasteiger partial charge is 0.462 e. The first-order valence-corrected chi connectivity index (χ1v) is 32.9. The quantitative estimate of drug-likeness (QED) is 0.0947. The molecule has 5 aliphatic rings. The Hall–Kier alpha value is -4.14. The van der Waals surface area contributed by atoms with Gasteiger partial charge in [0.2, 0.25) is 11.7 Å². The molecule has 19 N–H and O–H groups in total. The Kier molecular flexibility index (Phi) is 31.6. The zero-order valence-corrected chi connectivity index (χ0v) is 54.0. The Morgan fingerprint density at radius 2 is 1.29 bits per heavy atom. The van der Waals surface area contributed by atoms with Crippen LogP contribution in [0.2, 0.25) is 0 Å². The van der Waals surface area contributed by atoms with Crippen molar-refractivity contribution in [3.05, 3.63) is 107 Å². The monoisotopic (exact) mass is 1360 g/mol. The molecule has 4 saturated heterocycles. The van der Waals surface area contributed by atoms with E-state index in [-0.39, 0.29) is 31.7 Å². The van der Waals surface area contributed by atoms with Gasteiger partial charge in [0, 0.05) is 48.9 Å². The highest BCUT2D eigenvalue weighted by Crippen LogP contribution is 2.39. The number of hydrogen-bond donors (Lipinski definition) is 19. The van der Waals surface area contributed by atoms with Crippen LogP contribution in [0.4, 0.5) is 0 Å². The fraction of sp³-hybridized carbons (Fsp3) is 0.692. The van der Waals surface area contributed by atoms with Crippen LogP contribution in [-0.2, 0) is 49.2 Å². The van der Waals surface area contributed by atoms with Gasteiger partial charge in [-0.05, 0) is 51.0 Å². The number of thiophene rings is 1. The minimum Gasteiger partial charge on any atom is -0.462 e. The van der Waals surface area contributed by atoms with Crippen molar-refractivity contribution < 1.29 is 130 Å². The lowest BCUT2D eigenvalue weighted by Gasteiger charge is -2.48. The van der Waals surface area contributed by atoms with Crippen LogP contribution in [-0.4, -0.2) is 277 Å². The van der Waals surface area contributed by atoms with Crippen molar-refractivity contribution in [2.24, 2.45) is 17.8 Å². The highest BCUT2D eigenvalue weighted by atomic mass is 32.1. The van der Waals surface area contributed by atoms with Crippen molar-refractivity contribution in [3.8, 4) is 0 Å². The molecule has 0 radical (unpaired) electrons. The first kappa shape index (κ1) is 78.9. The first-order valence-electron chi connectivity index (χ1n) is 32.0. The number of amides is 1. The molecule has 0 aliphatic carbocycles. The van der Waals surface area contributed by atoms with Crippen LogP contribution in [0.3, 0.4) is 0 Å². The van der Waals surface area contributed by atoms with Gasteiger partial charge in [-0.1, -0.05) is 105 Å². The van der Waals surface area contributed by atoms with Crippen molar-refractivity contribution in [2.75, 3.05) is 26.3 Å². The number of nitrogens with one attached hydrogen (secondary N) is 2. The van der Waals surface area contributed by atoms with E-state index in [1.807, 2.05) is 24.4 Å². The summed E-state index contributed by atoms with van der Waals surface area (Å²) in [7, 11) is 0. The third-order valence-corrected chi connectivity index (χ3v) is 18.6. The van der Waals surface area contributed by atoms with Crippen molar-refractivity contribution in [2.45, 2.75) is 238 Å². The van der Waals surface area contributed by atoms with E-state index >= 15 is 0 Å². The third kappa shape index (κ3) is 23.0. The van der Waals surface area contributed by atoms with Gasteiger partial charge in [0.1, 0.15) is 54.9 Å². The van der Waals surface area contributed by atoms with E-state index in [0.29, 0.717) is 6.42 Å². The first-order chi connectivity index (χ1) is 44.5. The summed E-state index contributed by atoms with van der Waals surface area (Å²) >= 11 is 1.47. The van der Waals surface area contributed by atoms with Crippen molar-refractivity contribution >= 4 is 23.2 Å². The van der Waals surface area contributed by atoms with E-state index in [2.05, 4.69) is 10.6 Å². The molecule has 1 amide bonds. The van der Waals surface area contributed by atoms with Crippen LogP contribution in [0.5, 0.6) is 0 Å². The molecule has 2 bridgehead atoms. The van der Waals surface area contributed by atoms with Crippen LogP contribution < -0.4 is 10.6 Å². The zero-order chi connectivity index (χ0) is 69.0. The van der Waals surface area contributed by atoms with Gasteiger partial charge >= 0.3 is 5.97 Å². The van der Waals surface area contributed by atoms with Gasteiger partial charge in [0.15, 0.2) is 18.4 Å². The summed E-state index contributed by atoms with van der Waals surface area (Å²) in [4.78, 5) is 28.0. The van der Waals surface area contributed by atoms with Gasteiger partial charge in [-0.15, -0.1) is 11.3 Å². The van der Waals surface area contributed by atoms with Crippen LogP contribution in [0.1, 0.15) is 83.9 Å². The Morgan fingerprint density at radius 1 is 0.649 bits per heavy atom. The molecule has 5 aliphatic heterocycles. The second-order valence-electron chi connectivity index (χ2n) is 25.1. The molecule has 532 valence electrons. The van der Waals surface area contributed by atoms with Crippen LogP contribution in [0.25, 0.3) is 0 Å². The van der Waals surface area contributed by atoms with Crippen LogP contribution in [0, 0.1) is 17.8 Å². The van der Waals surface area contributed by atoms with E-state index < -0.39 is 228 Å². The summed E-state index contributed by atoms with van der Waals surface area (Å²) in [6.07, 6.45) is -13.2. The number of cyclic esters (lactones) is 1. The topological polar surface area (TPSA) is 467 Å². The molecule has 4 fully saturated rings. The minimum atomic E-state index is -2.67. The number of fused-ring (bicyclic) bond motifs is 2. The normalized spacial score (nSPS) is 45.0. The molecule has 28 nitrogen and oxygen atoms in total. The van der Waals surface area contributed by atoms with E-state index in [0.717, 1.165) is 4.88 Å². The van der Waals surface area contributed by atoms with E-state index in [1.54, 1.807) is 92.8 Å². The maximum absolute atomic E-state index is 14.3. The van der Waals surface area contributed by atoms with Gasteiger partial charge in [-0.3, -0.25) is 9.59 Å². The van der Waals surface area contributed by atoms with E-state index in [1.165, 1.54) is 24.3 Å². The predicted molar refractivity (Wildman–Crippen MR) is 336 cm³/mol. The summed E-state index contributed by atoms with van der Waals surface area (Å²) < 4.78 is 40.8. The van der Waals surface area contributed by atoms with Gasteiger partial charge < -0.3 is 131 Å². The van der Waals surface area contributed by atoms with Crippen LogP contribution >= 0.6 is 11.3 Å². The molecule has 5 unspecified atom stereocenters. The number of aliphatic hydroxyl groups is 17. The molecule has 6 heterocycles. The SMILES string of the molecule is CC1[C@H](C)OC(=O)C[C@H](O)C[C@H](O)CC[C@@H](O)[C@H](O)C[C@H](O)C[C@]2(O)C[C@H](O)C(C(=O)NCCc3cccs3)C(C[C@@H](OC3O[C@H](C)[C@@H](O)[C@H](NC[C@@]4(O)OC[C@@H](O)[C@@H](OC5O[C@H](CO)[C@@H](O)[C@H](O)[C@H]5O)[C@@H]4O)[C@@H]3O)/C=C/C=C/C=C/C=C/C=C/C=C/C=C/[C@H](C)[C@H]1O)O2. The fourth-order valence-electron chi connectivity index (χ4n) is 11.9. The number of carbonyl (C=O) groups excluding carboxylic acids is 2. The molecule has 6 rings (SSSR count). The molecule has 29 heteroatoms. The van der Waals surface area contributed by atoms with Crippen molar-refractivity contribution in [1.82, 2.24) is 10.6 Å². The number of carbonyl (C=O) groups is 2. The molecule has 0 spiro atoms. The molecular formula is C65H100N2O26S. The molecule has 28 atom stereocenters. The Labute approximate surface area is 550 Å². The van der Waals surface area contributed by atoms with Gasteiger partial charge in [0.25, 0.3) is 0 Å². The highest BCUT2D eigenvalue weighted by Gasteiger charge is 2.55. The summed E-state index contributed by atoms with van der Waals surface area (Å²) in [5, 5.41) is 196. The lowest BCUT2D eigenvalue weighted by atomic mass is 9.82. The number of allylic oxidation sites excluding steroid dienone is 12. The number of rotatable bonds is 12. The Bertz CT molecular complexity index is 2650. The molecule has 94 heavy (non-hydrogen) atoms. The maximum Gasteiger partial charge on any atom is 0.308 e. The van der Waals surface area contributed by atoms with Gasteiger partial charge in [-0.25, -0.2) is 0 Å². The lowest BCUT2D eigenvalue weighted by Crippen LogP contribution is -2.70. The molecule has 1 aromatic heterocycles. The standard InChI is InChI=1S/C65H100N2O26S/c1-35-18-15-13-11-9-7-5-6-8-10-12-14-16-19-42(90-62-56(80)52(54(78)38(4)89-62)67-34-65(86)60(83)59(47(75)33-87-65)92-63-58(82)57(81)55(79)49(32-68)91-63)29-48-51(61(84)66-24-23-43-20-17-25-94-43)46(74)31-64(85,93-48)30-41(71)27-45(73)44(72)22-21-39(69)26-40(70)28-50(76)88-37(3)36(2)53(35)77/h5-20,25,35-42,44-49,51-60,62-63,67-75,77-83,85-86H,21-24,26-34H2,1-4H3,(H,66,84)/b6-5+,9-7+,10-8+,13-11+,14-12+,18-15+,19-16+/t35-,36?,37-,38+,39+,40+,41-,42-,44+,45+,46-,47+,48?,49+,51?,52-,53+,54+,55+,56-,57-,58+,59+,60-,62?,63?,64+,65+/m0/s1. The number of aliphatic hydroxyl groups excluding tert-OH is 15. The molecular weight excluding hydrogens is 1260 g/mol. The fourth-order valence-corrected chi connectivity index (χ4v) is 12.6. The smallest absolute Gasteiger partial charge is 0.308 e. The number of ether oxygens (including phenoxy) is 7. The van der Waals surface area contributed by atoms with Crippen molar-refractivity contribution in [1.29, 1.82) is 0 Å². The molecule has 0 aromatic carbocycles. The summed E-state index contributed by atoms with van der Waals surface area (Å²) in [5.41, 5.74) is 0. The Morgan fingerprint density at radius 3 is 1.93 bits per heavy atom. The summed E-state index contributed by atoms with van der Waals surface area (Å²) in [6, 6.07) is 2.26. The Balaban J connectivity index is 1.26. The minimum absolute atomic E-state index is 0.133. The van der Waals surface area contributed by atoms with Gasteiger partial charge in [-0.2, -0.15) is 0 Å². The molecule has 0 saturated carbocycles. The zero-order valence-electron chi connectivity index (χ0n) is 53.2. The van der Waals surface area contributed by atoms with E-state index in [9.17, 15) is 96.4 Å². The van der Waals surface area contributed by atoms with Crippen LogP contribution in [0.15, 0.2) is 103 Å². The lowest BCUT2D eigenvalue weighted by molar-refractivity contribution is -0.368. The second-order valence-corrected chi connectivity index (χ2v) is 26.2. The number of esters is 1. The summed E-state index contributed by atoms with van der Waals surface area (Å²) in [6.45, 7) is 4.43. The summed E-state index contributed by atoms with van der Waals surface area (Å²) in [5.74, 6) is -8.77. The van der Waals surface area contributed by atoms with Gasteiger partial charge in [0.05, 0.1) is 105 Å². The third-order valence-electron chi connectivity index (χ3n) is 17.6. The number of hydrogen-bond acceptors (Lipinski definition) is 28. The average molecular weight is 1360 g/mol. The van der Waals surface area contributed by atoms with Crippen molar-refractivity contribution in [3.63, 3.8) is 0 Å². The predicted octanol–water partition coefficient (Wildman–Crippen LogP) is -2.70. The average Bonchev–Trinajstić information content (AvgIpc) is 1.08. The maximum atomic E-state index is 14.3.